The predicted octanol–water partition coefficient (Wildman–Crippen LogP) is 2.82. The summed E-state index contributed by atoms with van der Waals surface area (Å²) in [5.74, 6) is -1.93. The van der Waals surface area contributed by atoms with E-state index in [0.717, 1.165) is 22.3 Å². The molecule has 0 aliphatic heterocycles. The molecule has 3 aromatic rings. The maximum atomic E-state index is 12.9. The van der Waals surface area contributed by atoms with Crippen molar-refractivity contribution in [2.45, 2.75) is 24.9 Å². The number of amides is 2. The number of hydrogen-bond donors (Lipinski definition) is 2. The number of carbonyl (C=O) groups excluding carboxylic acids is 2. The number of alkyl carbamates (subject to hydrolysis) is 1. The highest BCUT2D eigenvalue weighted by Gasteiger charge is 2.31. The number of likely N-dealkylation sites (N-methyl/N-ethyl adjacent to an activating group) is 1. The van der Waals surface area contributed by atoms with Gasteiger partial charge in [0.1, 0.15) is 12.6 Å². The number of carbonyl (C=O) groups is 3. The molecule has 1 heterocycles. The second-order valence-corrected chi connectivity index (χ2v) is 8.03. The molecular formula is C25H24N4O5. The first kappa shape index (κ1) is 22.9. The zero-order chi connectivity index (χ0) is 24.1. The molecule has 9 nitrogen and oxygen atoms in total. The number of nitrogens with zero attached hydrogens (tertiary/aromatic N) is 3. The van der Waals surface area contributed by atoms with Gasteiger partial charge in [0.15, 0.2) is 0 Å². The Labute approximate surface area is 196 Å². The van der Waals surface area contributed by atoms with E-state index in [0.29, 0.717) is 5.69 Å². The second-order valence-electron chi connectivity index (χ2n) is 8.03. The van der Waals surface area contributed by atoms with Crippen LogP contribution in [-0.2, 0) is 20.9 Å². The standard InChI is InChI=1S/C25H24N4O5/c1-29(14-16-7-6-12-26-28-16)24(32)22(13-23(30)31)27-25(33)34-15-21-19-10-4-2-8-17(19)18-9-3-5-11-20(18)21/h2-12,21-22H,13-15H2,1H3,(H,27,33)(H,30,31). The van der Waals surface area contributed by atoms with Crippen molar-refractivity contribution in [1.29, 1.82) is 0 Å². The lowest BCUT2D eigenvalue weighted by Gasteiger charge is -2.23. The normalized spacial score (nSPS) is 12.9. The Balaban J connectivity index is 1.42. The minimum absolute atomic E-state index is 0.0588. The van der Waals surface area contributed by atoms with Crippen LogP contribution in [0.2, 0.25) is 0 Å². The van der Waals surface area contributed by atoms with Crippen LogP contribution in [0.3, 0.4) is 0 Å². The molecule has 0 bridgehead atoms. The lowest BCUT2D eigenvalue weighted by Crippen LogP contribution is -2.48. The van der Waals surface area contributed by atoms with Gasteiger partial charge < -0.3 is 20.1 Å². The monoisotopic (exact) mass is 460 g/mol. The van der Waals surface area contributed by atoms with Crippen LogP contribution < -0.4 is 5.32 Å². The Morgan fingerprint density at radius 1 is 1.03 bits per heavy atom. The Kier molecular flexibility index (Phi) is 6.82. The number of rotatable bonds is 8. The zero-order valence-electron chi connectivity index (χ0n) is 18.5. The summed E-state index contributed by atoms with van der Waals surface area (Å²) >= 11 is 0. The lowest BCUT2D eigenvalue weighted by molar-refractivity contribution is -0.142. The van der Waals surface area contributed by atoms with Gasteiger partial charge in [-0.2, -0.15) is 10.2 Å². The molecule has 9 heteroatoms. The number of carboxylic acid groups (broad SMARTS) is 1. The van der Waals surface area contributed by atoms with Gasteiger partial charge in [0, 0.05) is 19.2 Å². The first-order valence-corrected chi connectivity index (χ1v) is 10.8. The Hall–Kier alpha value is -4.27. The molecule has 0 fully saturated rings. The van der Waals surface area contributed by atoms with Crippen LogP contribution in [0.4, 0.5) is 4.79 Å². The van der Waals surface area contributed by atoms with E-state index in [2.05, 4.69) is 15.5 Å². The molecular weight excluding hydrogens is 436 g/mol. The van der Waals surface area contributed by atoms with Gasteiger partial charge in [-0.25, -0.2) is 4.79 Å². The molecule has 1 aliphatic carbocycles. The van der Waals surface area contributed by atoms with Gasteiger partial charge in [-0.1, -0.05) is 48.5 Å². The molecule has 0 saturated carbocycles. The molecule has 34 heavy (non-hydrogen) atoms. The highest BCUT2D eigenvalue weighted by Crippen LogP contribution is 2.44. The minimum atomic E-state index is -1.28. The van der Waals surface area contributed by atoms with Gasteiger partial charge in [-0.3, -0.25) is 9.59 Å². The maximum absolute atomic E-state index is 12.9. The summed E-state index contributed by atoms with van der Waals surface area (Å²) in [5, 5.41) is 19.4. The smallest absolute Gasteiger partial charge is 0.407 e. The average Bonchev–Trinajstić information content (AvgIpc) is 3.16. The maximum Gasteiger partial charge on any atom is 0.407 e. The van der Waals surface area contributed by atoms with Crippen LogP contribution in [0.25, 0.3) is 11.1 Å². The number of nitrogens with one attached hydrogen (secondary N) is 1. The first-order valence-electron chi connectivity index (χ1n) is 10.8. The van der Waals surface area contributed by atoms with E-state index in [9.17, 15) is 19.5 Å². The molecule has 1 atom stereocenters. The molecule has 2 amide bonds. The SMILES string of the molecule is CN(Cc1cccnn1)C(=O)C(CC(=O)O)NC(=O)OCC1c2ccccc2-c2ccccc21. The molecule has 0 radical (unpaired) electrons. The number of aromatic nitrogens is 2. The number of hydrogen-bond acceptors (Lipinski definition) is 6. The van der Waals surface area contributed by atoms with Gasteiger partial charge in [0.2, 0.25) is 5.91 Å². The number of ether oxygens (including phenoxy) is 1. The predicted molar refractivity (Wildman–Crippen MR) is 123 cm³/mol. The van der Waals surface area contributed by atoms with E-state index < -0.39 is 30.4 Å². The zero-order valence-corrected chi connectivity index (χ0v) is 18.5. The molecule has 2 N–H and O–H groups in total. The van der Waals surface area contributed by atoms with Gasteiger partial charge in [-0.05, 0) is 34.4 Å². The minimum Gasteiger partial charge on any atom is -0.481 e. The topological polar surface area (TPSA) is 122 Å². The van der Waals surface area contributed by atoms with E-state index in [1.165, 1.54) is 18.1 Å². The van der Waals surface area contributed by atoms with Crippen molar-refractivity contribution in [3.63, 3.8) is 0 Å². The van der Waals surface area contributed by atoms with Crippen molar-refractivity contribution in [2.75, 3.05) is 13.7 Å². The van der Waals surface area contributed by atoms with Crippen molar-refractivity contribution in [3.8, 4) is 11.1 Å². The van der Waals surface area contributed by atoms with Crippen molar-refractivity contribution >= 4 is 18.0 Å². The molecule has 1 unspecified atom stereocenters. The molecule has 1 aliphatic rings. The Bertz CT molecular complexity index is 1160. The summed E-state index contributed by atoms with van der Waals surface area (Å²) in [7, 11) is 1.51. The number of fused-ring (bicyclic) bond motifs is 3. The number of carboxylic acids is 1. The van der Waals surface area contributed by atoms with E-state index in [1.54, 1.807) is 12.1 Å². The highest BCUT2D eigenvalue weighted by atomic mass is 16.5. The number of aliphatic carboxylic acids is 1. The summed E-state index contributed by atoms with van der Waals surface area (Å²) in [6.45, 7) is 0.179. The number of benzene rings is 2. The van der Waals surface area contributed by atoms with Crippen molar-refractivity contribution < 1.29 is 24.2 Å². The Morgan fingerprint density at radius 2 is 1.68 bits per heavy atom. The summed E-state index contributed by atoms with van der Waals surface area (Å²) in [5.41, 5.74) is 4.83. The van der Waals surface area contributed by atoms with Gasteiger partial charge in [0.05, 0.1) is 18.7 Å². The third-order valence-electron chi connectivity index (χ3n) is 5.72. The quantitative estimate of drug-likeness (QED) is 0.530. The summed E-state index contributed by atoms with van der Waals surface area (Å²) in [6, 6.07) is 18.0. The first-order chi connectivity index (χ1) is 16.4. The molecule has 1 aromatic heterocycles. The van der Waals surface area contributed by atoms with Crippen molar-refractivity contribution in [2.24, 2.45) is 0 Å². The fraction of sp³-hybridized carbons (Fsp3) is 0.240. The lowest BCUT2D eigenvalue weighted by atomic mass is 9.98. The van der Waals surface area contributed by atoms with E-state index >= 15 is 0 Å². The van der Waals surface area contributed by atoms with E-state index in [1.807, 2.05) is 48.5 Å². The third-order valence-corrected chi connectivity index (χ3v) is 5.72. The largest absolute Gasteiger partial charge is 0.481 e. The van der Waals surface area contributed by atoms with Gasteiger partial charge >= 0.3 is 12.1 Å². The average molecular weight is 460 g/mol. The molecule has 174 valence electrons. The summed E-state index contributed by atoms with van der Waals surface area (Å²) in [4.78, 5) is 38.1. The fourth-order valence-electron chi connectivity index (χ4n) is 4.16. The van der Waals surface area contributed by atoms with Crippen LogP contribution in [0, 0.1) is 0 Å². The third kappa shape index (κ3) is 5.03. The van der Waals surface area contributed by atoms with E-state index in [-0.39, 0.29) is 19.1 Å². The van der Waals surface area contributed by atoms with Crippen LogP contribution in [0.15, 0.2) is 66.9 Å². The van der Waals surface area contributed by atoms with E-state index in [4.69, 9.17) is 4.74 Å². The Morgan fingerprint density at radius 3 is 2.26 bits per heavy atom. The molecule has 4 rings (SSSR count). The molecule has 2 aromatic carbocycles. The van der Waals surface area contributed by atoms with Gasteiger partial charge in [-0.15, -0.1) is 0 Å². The second kappa shape index (κ2) is 10.1. The van der Waals surface area contributed by atoms with Crippen molar-refractivity contribution in [3.05, 3.63) is 83.7 Å². The van der Waals surface area contributed by atoms with Crippen molar-refractivity contribution in [1.82, 2.24) is 20.4 Å². The fourth-order valence-corrected chi connectivity index (χ4v) is 4.16. The van der Waals surface area contributed by atoms with Crippen LogP contribution in [-0.4, -0.2) is 57.9 Å². The molecule has 0 spiro atoms. The summed E-state index contributed by atoms with van der Waals surface area (Å²) in [6.07, 6.45) is 0.0832. The van der Waals surface area contributed by atoms with Crippen LogP contribution >= 0.6 is 0 Å². The molecule has 0 saturated heterocycles. The summed E-state index contributed by atoms with van der Waals surface area (Å²) < 4.78 is 5.46. The van der Waals surface area contributed by atoms with Gasteiger partial charge in [0.25, 0.3) is 0 Å². The van der Waals surface area contributed by atoms with Crippen LogP contribution in [0.1, 0.15) is 29.2 Å². The highest BCUT2D eigenvalue weighted by molar-refractivity contribution is 5.89. The van der Waals surface area contributed by atoms with Crippen LogP contribution in [0.5, 0.6) is 0 Å².